The molecule has 0 amide bonds. The van der Waals surface area contributed by atoms with E-state index in [1.807, 2.05) is 0 Å². The van der Waals surface area contributed by atoms with Crippen LogP contribution in [-0.4, -0.2) is 13.7 Å². The van der Waals surface area contributed by atoms with Gasteiger partial charge in [-0.15, -0.1) is 4.40 Å². The lowest BCUT2D eigenvalue weighted by atomic mass is 10.0. The average molecular weight is 359 g/mol. The van der Waals surface area contributed by atoms with Gasteiger partial charge in [-0.2, -0.15) is 8.42 Å². The zero-order chi connectivity index (χ0) is 15.9. The molecule has 0 fully saturated rings. The average Bonchev–Trinajstić information content (AvgIpc) is 2.43. The first kappa shape index (κ1) is 15.3. The van der Waals surface area contributed by atoms with E-state index in [9.17, 15) is 12.8 Å². The van der Waals surface area contributed by atoms with Crippen molar-refractivity contribution in [3.05, 3.63) is 58.4 Å². The second kappa shape index (κ2) is 5.53. The van der Waals surface area contributed by atoms with Crippen molar-refractivity contribution >= 4 is 44.2 Å². The quantitative estimate of drug-likeness (QED) is 0.831. The molecule has 8 heteroatoms. The molecule has 0 unspecified atom stereocenters. The van der Waals surface area contributed by atoms with E-state index in [1.165, 1.54) is 0 Å². The largest absolute Gasteiger partial charge is 0.328 e. The highest BCUT2D eigenvalue weighted by Crippen LogP contribution is 2.35. The van der Waals surface area contributed by atoms with E-state index < -0.39 is 15.8 Å². The van der Waals surface area contributed by atoms with E-state index >= 15 is 0 Å². The smallest absolute Gasteiger partial charge is 0.287 e. The van der Waals surface area contributed by atoms with Gasteiger partial charge < -0.3 is 5.32 Å². The number of nitrogens with one attached hydrogen (secondary N) is 1. The minimum Gasteiger partial charge on any atom is -0.328 e. The summed E-state index contributed by atoms with van der Waals surface area (Å²) >= 11 is 11.8. The Morgan fingerprint density at radius 3 is 2.59 bits per heavy atom. The maximum Gasteiger partial charge on any atom is 0.287 e. The van der Waals surface area contributed by atoms with Gasteiger partial charge in [-0.1, -0.05) is 29.8 Å². The predicted octanol–water partition coefficient (Wildman–Crippen LogP) is 3.78. The van der Waals surface area contributed by atoms with E-state index in [2.05, 4.69) is 9.71 Å². The standard InChI is InChI=1S/C14H9Cl2FN2O2S/c15-10-4-2-1-3-8(10)7-9-11(17)5-6-12-13(9)18-14(16)19-22(12,20)21/h1-6H,7H2,(H,18,19). The number of halogens is 3. The lowest BCUT2D eigenvalue weighted by Crippen LogP contribution is -2.19. The molecule has 0 aliphatic carbocycles. The number of hydrogen-bond donors (Lipinski definition) is 1. The Bertz CT molecular complexity index is 898. The van der Waals surface area contributed by atoms with Crippen molar-refractivity contribution in [2.75, 3.05) is 5.32 Å². The van der Waals surface area contributed by atoms with Gasteiger partial charge in [0.25, 0.3) is 10.0 Å². The highest BCUT2D eigenvalue weighted by molar-refractivity contribution is 7.90. The van der Waals surface area contributed by atoms with Crippen molar-refractivity contribution in [2.24, 2.45) is 4.40 Å². The van der Waals surface area contributed by atoms with Crippen molar-refractivity contribution in [1.82, 2.24) is 0 Å². The molecule has 0 spiro atoms. The zero-order valence-electron chi connectivity index (χ0n) is 11.0. The van der Waals surface area contributed by atoms with Gasteiger partial charge in [-0.25, -0.2) is 4.39 Å². The molecule has 0 saturated heterocycles. The molecule has 2 aromatic carbocycles. The van der Waals surface area contributed by atoms with Crippen molar-refractivity contribution in [3.8, 4) is 0 Å². The number of anilines is 1. The molecular formula is C14H9Cl2FN2O2S. The molecule has 0 radical (unpaired) electrons. The van der Waals surface area contributed by atoms with Crippen LogP contribution in [0.4, 0.5) is 10.1 Å². The highest BCUT2D eigenvalue weighted by Gasteiger charge is 2.28. The fraction of sp³-hybridized carbons (Fsp3) is 0.0714. The summed E-state index contributed by atoms with van der Waals surface area (Å²) in [7, 11) is -3.94. The molecule has 0 aromatic heterocycles. The van der Waals surface area contributed by atoms with E-state index in [0.717, 1.165) is 12.1 Å². The van der Waals surface area contributed by atoms with Gasteiger partial charge in [0.2, 0.25) is 5.29 Å². The van der Waals surface area contributed by atoms with Crippen LogP contribution in [0.2, 0.25) is 5.02 Å². The number of rotatable bonds is 2. The van der Waals surface area contributed by atoms with E-state index in [4.69, 9.17) is 23.2 Å². The summed E-state index contributed by atoms with van der Waals surface area (Å²) in [5.41, 5.74) is 0.941. The summed E-state index contributed by atoms with van der Waals surface area (Å²) in [5, 5.41) is 2.77. The van der Waals surface area contributed by atoms with Crippen LogP contribution in [-0.2, 0) is 16.4 Å². The van der Waals surface area contributed by atoms with Crippen LogP contribution in [0.25, 0.3) is 0 Å². The topological polar surface area (TPSA) is 58.5 Å². The molecule has 4 nitrogen and oxygen atoms in total. The number of amidine groups is 1. The van der Waals surface area contributed by atoms with Gasteiger partial charge in [0.1, 0.15) is 10.7 Å². The molecule has 3 rings (SSSR count). The molecule has 22 heavy (non-hydrogen) atoms. The Balaban J connectivity index is 2.17. The molecule has 1 aliphatic heterocycles. The maximum absolute atomic E-state index is 14.2. The number of sulfonamides is 1. The molecule has 0 atom stereocenters. The van der Waals surface area contributed by atoms with Crippen molar-refractivity contribution in [3.63, 3.8) is 0 Å². The van der Waals surface area contributed by atoms with E-state index in [0.29, 0.717) is 10.6 Å². The fourth-order valence-corrected chi connectivity index (χ4v) is 3.84. The first-order valence-corrected chi connectivity index (χ1v) is 8.40. The SMILES string of the molecule is O=S1(=O)N=C(Cl)Nc2c1ccc(F)c2Cc1ccccc1Cl. The Labute approximate surface area is 136 Å². The lowest BCUT2D eigenvalue weighted by Gasteiger charge is -2.19. The molecule has 0 bridgehead atoms. The van der Waals surface area contributed by atoms with Crippen LogP contribution >= 0.6 is 23.2 Å². The first-order chi connectivity index (χ1) is 10.4. The van der Waals surface area contributed by atoms with Crippen molar-refractivity contribution in [2.45, 2.75) is 11.3 Å². The van der Waals surface area contributed by atoms with Crippen LogP contribution in [0.5, 0.6) is 0 Å². The molecule has 1 aliphatic rings. The summed E-state index contributed by atoms with van der Waals surface area (Å²) in [6.45, 7) is 0. The van der Waals surface area contributed by atoms with Gasteiger partial charge >= 0.3 is 0 Å². The molecule has 1 N–H and O–H groups in total. The Kier molecular flexibility index (Phi) is 3.84. The van der Waals surface area contributed by atoms with Crippen LogP contribution in [0.1, 0.15) is 11.1 Å². The molecular weight excluding hydrogens is 350 g/mol. The lowest BCUT2D eigenvalue weighted by molar-refractivity contribution is 0.595. The first-order valence-electron chi connectivity index (χ1n) is 6.21. The van der Waals surface area contributed by atoms with E-state index in [1.54, 1.807) is 24.3 Å². The third-order valence-corrected chi connectivity index (χ3v) is 5.22. The number of benzene rings is 2. The Morgan fingerprint density at radius 2 is 1.86 bits per heavy atom. The van der Waals surface area contributed by atoms with E-state index in [-0.39, 0.29) is 27.9 Å². The molecule has 2 aromatic rings. The number of fused-ring (bicyclic) bond motifs is 1. The maximum atomic E-state index is 14.2. The van der Waals surface area contributed by atoms with Crippen LogP contribution < -0.4 is 5.32 Å². The number of hydrogen-bond acceptors (Lipinski definition) is 3. The highest BCUT2D eigenvalue weighted by atomic mass is 35.5. The Hall–Kier alpha value is -1.63. The summed E-state index contributed by atoms with van der Waals surface area (Å²) in [6.07, 6.45) is 0.126. The Morgan fingerprint density at radius 1 is 1.14 bits per heavy atom. The van der Waals surface area contributed by atoms with Crippen LogP contribution in [0.3, 0.4) is 0 Å². The monoisotopic (exact) mass is 358 g/mol. The zero-order valence-corrected chi connectivity index (χ0v) is 13.3. The van der Waals surface area contributed by atoms with Crippen molar-refractivity contribution < 1.29 is 12.8 Å². The predicted molar refractivity (Wildman–Crippen MR) is 84.8 cm³/mol. The normalized spacial score (nSPS) is 15.7. The summed E-state index contributed by atoms with van der Waals surface area (Å²) < 4.78 is 41.6. The molecule has 114 valence electrons. The van der Waals surface area contributed by atoms with Crippen LogP contribution in [0.15, 0.2) is 45.7 Å². The van der Waals surface area contributed by atoms with Gasteiger partial charge in [0.05, 0.1) is 5.69 Å². The summed E-state index contributed by atoms with van der Waals surface area (Å²) in [4.78, 5) is -0.111. The molecule has 1 heterocycles. The number of nitrogens with zero attached hydrogens (tertiary/aromatic N) is 1. The molecule has 0 saturated carbocycles. The van der Waals surface area contributed by atoms with Gasteiger partial charge in [0.15, 0.2) is 0 Å². The van der Waals surface area contributed by atoms with Crippen LogP contribution in [0, 0.1) is 5.82 Å². The fourth-order valence-electron chi connectivity index (χ4n) is 2.24. The minimum atomic E-state index is -3.94. The summed E-state index contributed by atoms with van der Waals surface area (Å²) in [6, 6.07) is 9.22. The second-order valence-electron chi connectivity index (χ2n) is 4.65. The van der Waals surface area contributed by atoms with Crippen molar-refractivity contribution in [1.29, 1.82) is 0 Å². The third kappa shape index (κ3) is 2.69. The van der Waals surface area contributed by atoms with Gasteiger partial charge in [-0.3, -0.25) is 0 Å². The third-order valence-electron chi connectivity index (χ3n) is 3.25. The minimum absolute atomic E-state index is 0.0971. The summed E-state index contributed by atoms with van der Waals surface area (Å²) in [5.74, 6) is -0.548. The second-order valence-corrected chi connectivity index (χ2v) is 6.99. The van der Waals surface area contributed by atoms with Gasteiger partial charge in [-0.05, 0) is 35.4 Å². The van der Waals surface area contributed by atoms with Gasteiger partial charge in [0, 0.05) is 17.0 Å².